The highest BCUT2D eigenvalue weighted by Crippen LogP contribution is 2.20. The van der Waals surface area contributed by atoms with Gasteiger partial charge in [0.15, 0.2) is 6.10 Å². The molecule has 1 atom stereocenters. The summed E-state index contributed by atoms with van der Waals surface area (Å²) < 4.78 is 0. The lowest BCUT2D eigenvalue weighted by atomic mass is 10.0. The molecule has 1 aliphatic rings. The molecule has 0 spiro atoms. The Balaban J connectivity index is 1.64. The van der Waals surface area contributed by atoms with Gasteiger partial charge in [-0.05, 0) is 29.1 Å². The van der Waals surface area contributed by atoms with Crippen LogP contribution in [0, 0.1) is 0 Å². The van der Waals surface area contributed by atoms with Crippen LogP contribution in [-0.2, 0) is 4.84 Å². The molecule has 6 heteroatoms. The van der Waals surface area contributed by atoms with Gasteiger partial charge < -0.3 is 9.74 Å². The summed E-state index contributed by atoms with van der Waals surface area (Å²) in [7, 11) is 0. The second kappa shape index (κ2) is 7.64. The molecule has 0 unspecified atom stereocenters. The lowest BCUT2D eigenvalue weighted by Crippen LogP contribution is -2.37. The van der Waals surface area contributed by atoms with Crippen molar-refractivity contribution < 1.29 is 9.63 Å². The standard InChI is InChI=1S/C18H17ClN2O2S/c1-2-9-21(18(22)17-4-3-10-24-17)12-15-11-16(20-23-15)13-5-7-14(19)8-6-13/h2-8,10,15H,1,9,11-12H2/t15-/m0/s1. The maximum atomic E-state index is 12.6. The van der Waals surface area contributed by atoms with Gasteiger partial charge in [0, 0.05) is 18.0 Å². The van der Waals surface area contributed by atoms with E-state index < -0.39 is 0 Å². The fourth-order valence-electron chi connectivity index (χ4n) is 2.54. The van der Waals surface area contributed by atoms with Crippen LogP contribution < -0.4 is 0 Å². The van der Waals surface area contributed by atoms with E-state index in [2.05, 4.69) is 11.7 Å². The quantitative estimate of drug-likeness (QED) is 0.723. The van der Waals surface area contributed by atoms with Crippen LogP contribution in [0.2, 0.25) is 5.02 Å². The first-order chi connectivity index (χ1) is 11.7. The van der Waals surface area contributed by atoms with Crippen molar-refractivity contribution >= 4 is 34.6 Å². The molecule has 24 heavy (non-hydrogen) atoms. The Hall–Kier alpha value is -2.11. The maximum Gasteiger partial charge on any atom is 0.264 e. The molecule has 2 aromatic rings. The zero-order chi connectivity index (χ0) is 16.9. The lowest BCUT2D eigenvalue weighted by molar-refractivity contribution is 0.0452. The minimum Gasteiger partial charge on any atom is -0.390 e. The Labute approximate surface area is 150 Å². The molecule has 1 aromatic heterocycles. The molecular formula is C18H17ClN2O2S. The zero-order valence-corrected chi connectivity index (χ0v) is 14.6. The highest BCUT2D eigenvalue weighted by molar-refractivity contribution is 7.12. The average Bonchev–Trinajstić information content (AvgIpc) is 3.26. The van der Waals surface area contributed by atoms with E-state index in [0.717, 1.165) is 11.3 Å². The largest absolute Gasteiger partial charge is 0.390 e. The predicted molar refractivity (Wildman–Crippen MR) is 97.9 cm³/mol. The molecule has 1 amide bonds. The maximum absolute atomic E-state index is 12.6. The Kier molecular flexibility index (Phi) is 5.33. The lowest BCUT2D eigenvalue weighted by Gasteiger charge is -2.22. The minimum atomic E-state index is -0.153. The van der Waals surface area contributed by atoms with Crippen LogP contribution in [-0.4, -0.2) is 35.7 Å². The Morgan fingerprint density at radius 2 is 2.21 bits per heavy atom. The fourth-order valence-corrected chi connectivity index (χ4v) is 3.35. The van der Waals surface area contributed by atoms with Gasteiger partial charge >= 0.3 is 0 Å². The highest BCUT2D eigenvalue weighted by Gasteiger charge is 2.27. The normalized spacial score (nSPS) is 16.4. The van der Waals surface area contributed by atoms with Gasteiger partial charge in [-0.25, -0.2) is 0 Å². The third-order valence-electron chi connectivity index (χ3n) is 3.70. The summed E-state index contributed by atoms with van der Waals surface area (Å²) in [4.78, 5) is 20.5. The third kappa shape index (κ3) is 3.86. The molecule has 3 rings (SSSR count). The summed E-state index contributed by atoms with van der Waals surface area (Å²) >= 11 is 7.35. The molecule has 1 aromatic carbocycles. The SMILES string of the molecule is C=CCN(C[C@@H]1CC(c2ccc(Cl)cc2)=NO1)C(=O)c1cccs1. The molecule has 0 radical (unpaired) electrons. The van der Waals surface area contributed by atoms with Gasteiger partial charge in [-0.15, -0.1) is 17.9 Å². The molecule has 4 nitrogen and oxygen atoms in total. The molecule has 0 fully saturated rings. The second-order valence-corrected chi connectivity index (χ2v) is 6.84. The summed E-state index contributed by atoms with van der Waals surface area (Å²) in [5.41, 5.74) is 1.86. The first kappa shape index (κ1) is 16.7. The van der Waals surface area contributed by atoms with E-state index in [1.807, 2.05) is 41.8 Å². The number of carbonyl (C=O) groups is 1. The molecule has 124 valence electrons. The van der Waals surface area contributed by atoms with Crippen molar-refractivity contribution in [1.82, 2.24) is 4.90 Å². The van der Waals surface area contributed by atoms with E-state index in [0.29, 0.717) is 29.4 Å². The number of benzene rings is 1. The monoisotopic (exact) mass is 360 g/mol. The van der Waals surface area contributed by atoms with Crippen LogP contribution in [0.1, 0.15) is 21.7 Å². The molecule has 1 aliphatic heterocycles. The molecular weight excluding hydrogens is 344 g/mol. The molecule has 0 aliphatic carbocycles. The number of nitrogens with zero attached hydrogens (tertiary/aromatic N) is 2. The summed E-state index contributed by atoms with van der Waals surface area (Å²) in [5, 5.41) is 6.75. The summed E-state index contributed by atoms with van der Waals surface area (Å²) in [6.07, 6.45) is 2.23. The molecule has 0 N–H and O–H groups in total. The molecule has 0 bridgehead atoms. The van der Waals surface area contributed by atoms with E-state index in [-0.39, 0.29) is 12.0 Å². The number of oxime groups is 1. The van der Waals surface area contributed by atoms with E-state index in [9.17, 15) is 4.79 Å². The van der Waals surface area contributed by atoms with Crippen molar-refractivity contribution in [1.29, 1.82) is 0 Å². The average molecular weight is 361 g/mol. The molecule has 0 saturated carbocycles. The topological polar surface area (TPSA) is 41.9 Å². The van der Waals surface area contributed by atoms with Gasteiger partial charge in [0.1, 0.15) is 0 Å². The van der Waals surface area contributed by atoms with Gasteiger partial charge in [0.25, 0.3) is 5.91 Å². The van der Waals surface area contributed by atoms with Crippen molar-refractivity contribution in [3.05, 3.63) is 69.9 Å². The number of halogens is 1. The van der Waals surface area contributed by atoms with Crippen molar-refractivity contribution in [3.8, 4) is 0 Å². The Bertz CT molecular complexity index is 741. The zero-order valence-electron chi connectivity index (χ0n) is 13.0. The minimum absolute atomic E-state index is 0.00607. The number of thiophene rings is 1. The smallest absolute Gasteiger partial charge is 0.264 e. The summed E-state index contributed by atoms with van der Waals surface area (Å²) in [5.74, 6) is -0.00607. The van der Waals surface area contributed by atoms with Gasteiger partial charge in [-0.2, -0.15) is 0 Å². The first-order valence-electron chi connectivity index (χ1n) is 7.59. The van der Waals surface area contributed by atoms with Gasteiger partial charge in [-0.3, -0.25) is 4.79 Å². The van der Waals surface area contributed by atoms with Crippen LogP contribution in [0.3, 0.4) is 0 Å². The Morgan fingerprint density at radius 3 is 2.88 bits per heavy atom. The number of rotatable bonds is 6. The van der Waals surface area contributed by atoms with Gasteiger partial charge in [-0.1, -0.05) is 41.0 Å². The second-order valence-electron chi connectivity index (χ2n) is 5.45. The van der Waals surface area contributed by atoms with Crippen LogP contribution in [0.5, 0.6) is 0 Å². The van der Waals surface area contributed by atoms with Crippen LogP contribution in [0.25, 0.3) is 0 Å². The van der Waals surface area contributed by atoms with Crippen LogP contribution in [0.4, 0.5) is 0 Å². The van der Waals surface area contributed by atoms with Crippen LogP contribution >= 0.6 is 22.9 Å². The van der Waals surface area contributed by atoms with Gasteiger partial charge in [0.2, 0.25) is 0 Å². The predicted octanol–water partition coefficient (Wildman–Crippen LogP) is 4.22. The summed E-state index contributed by atoms with van der Waals surface area (Å²) in [6.45, 7) is 4.69. The van der Waals surface area contributed by atoms with Gasteiger partial charge in [0.05, 0.1) is 17.1 Å². The van der Waals surface area contributed by atoms with E-state index in [1.165, 1.54) is 11.3 Å². The van der Waals surface area contributed by atoms with E-state index >= 15 is 0 Å². The third-order valence-corrected chi connectivity index (χ3v) is 4.81. The molecule has 2 heterocycles. The van der Waals surface area contributed by atoms with Crippen molar-refractivity contribution in [2.75, 3.05) is 13.1 Å². The Morgan fingerprint density at radius 1 is 1.42 bits per heavy atom. The van der Waals surface area contributed by atoms with Crippen molar-refractivity contribution in [2.24, 2.45) is 5.16 Å². The van der Waals surface area contributed by atoms with Crippen LogP contribution in [0.15, 0.2) is 59.6 Å². The van der Waals surface area contributed by atoms with E-state index in [1.54, 1.807) is 11.0 Å². The number of hydrogen-bond donors (Lipinski definition) is 0. The van der Waals surface area contributed by atoms with E-state index in [4.69, 9.17) is 16.4 Å². The van der Waals surface area contributed by atoms with Crippen molar-refractivity contribution in [2.45, 2.75) is 12.5 Å². The summed E-state index contributed by atoms with van der Waals surface area (Å²) in [6, 6.07) is 11.2. The molecule has 0 saturated heterocycles. The highest BCUT2D eigenvalue weighted by atomic mass is 35.5. The number of amides is 1. The fraction of sp³-hybridized carbons (Fsp3) is 0.222. The van der Waals surface area contributed by atoms with Crippen molar-refractivity contribution in [3.63, 3.8) is 0 Å². The number of carbonyl (C=O) groups excluding carboxylic acids is 1. The number of hydrogen-bond acceptors (Lipinski definition) is 4. The first-order valence-corrected chi connectivity index (χ1v) is 8.85.